The SMILES string of the molecule is Cc1nc2sc3c(c2c(=O)n1CC(O)COC1CCOCC1)CCCC3. The summed E-state index contributed by atoms with van der Waals surface area (Å²) in [5.74, 6) is 0.659. The predicted molar refractivity (Wildman–Crippen MR) is 101 cm³/mol. The predicted octanol–water partition coefficient (Wildman–Crippen LogP) is 2.20. The van der Waals surface area contributed by atoms with Crippen LogP contribution in [0.25, 0.3) is 10.2 Å². The second-order valence-electron chi connectivity index (χ2n) is 7.26. The van der Waals surface area contributed by atoms with Gasteiger partial charge in [0.25, 0.3) is 5.56 Å². The number of hydrogen-bond acceptors (Lipinski definition) is 6. The molecule has 26 heavy (non-hydrogen) atoms. The van der Waals surface area contributed by atoms with Crippen molar-refractivity contribution < 1.29 is 14.6 Å². The summed E-state index contributed by atoms with van der Waals surface area (Å²) < 4.78 is 12.7. The molecule has 0 bridgehead atoms. The van der Waals surface area contributed by atoms with Gasteiger partial charge in [-0.15, -0.1) is 11.3 Å². The lowest BCUT2D eigenvalue weighted by molar-refractivity contribution is -0.0619. The van der Waals surface area contributed by atoms with Crippen LogP contribution in [0.15, 0.2) is 4.79 Å². The van der Waals surface area contributed by atoms with E-state index >= 15 is 0 Å². The second-order valence-corrected chi connectivity index (χ2v) is 8.35. The first-order chi connectivity index (χ1) is 12.6. The van der Waals surface area contributed by atoms with Crippen LogP contribution in [0.3, 0.4) is 0 Å². The van der Waals surface area contributed by atoms with Crippen LogP contribution in [-0.4, -0.2) is 46.7 Å². The highest BCUT2D eigenvalue weighted by Gasteiger charge is 2.22. The zero-order chi connectivity index (χ0) is 18.1. The standard InChI is InChI=1S/C19H26N2O4S/c1-12-20-18-17(15-4-2-3-5-16(15)26-18)19(23)21(12)10-13(22)11-25-14-6-8-24-9-7-14/h13-14,22H,2-11H2,1H3. The van der Waals surface area contributed by atoms with Gasteiger partial charge in [-0.3, -0.25) is 9.36 Å². The molecule has 4 rings (SSSR count). The Morgan fingerprint density at radius 2 is 2.12 bits per heavy atom. The summed E-state index contributed by atoms with van der Waals surface area (Å²) in [6.45, 7) is 3.72. The van der Waals surface area contributed by atoms with E-state index in [2.05, 4.69) is 4.98 Å². The van der Waals surface area contributed by atoms with Crippen molar-refractivity contribution in [2.24, 2.45) is 0 Å². The van der Waals surface area contributed by atoms with Crippen LogP contribution >= 0.6 is 11.3 Å². The molecule has 2 aliphatic rings. The van der Waals surface area contributed by atoms with Gasteiger partial charge in [0.2, 0.25) is 0 Å². The fourth-order valence-electron chi connectivity index (χ4n) is 3.91. The molecule has 1 fully saturated rings. The Morgan fingerprint density at radius 1 is 1.35 bits per heavy atom. The van der Waals surface area contributed by atoms with Crippen molar-refractivity contribution >= 4 is 21.6 Å². The van der Waals surface area contributed by atoms with Crippen molar-refractivity contribution in [2.75, 3.05) is 19.8 Å². The highest BCUT2D eigenvalue weighted by molar-refractivity contribution is 7.18. The Bertz CT molecular complexity index is 838. The number of hydrogen-bond donors (Lipinski definition) is 1. The first-order valence-corrected chi connectivity index (χ1v) is 10.3. The molecular weight excluding hydrogens is 352 g/mol. The van der Waals surface area contributed by atoms with E-state index in [-0.39, 0.29) is 24.8 Å². The summed E-state index contributed by atoms with van der Waals surface area (Å²) in [5, 5.41) is 11.2. The lowest BCUT2D eigenvalue weighted by atomic mass is 9.97. The van der Waals surface area contributed by atoms with Gasteiger partial charge >= 0.3 is 0 Å². The van der Waals surface area contributed by atoms with Gasteiger partial charge in [-0.1, -0.05) is 0 Å². The maximum absolute atomic E-state index is 13.1. The molecule has 1 atom stereocenters. The minimum Gasteiger partial charge on any atom is -0.389 e. The molecule has 1 unspecified atom stereocenters. The van der Waals surface area contributed by atoms with E-state index in [1.165, 1.54) is 16.9 Å². The third-order valence-electron chi connectivity index (χ3n) is 5.35. The molecule has 142 valence electrons. The number of fused-ring (bicyclic) bond motifs is 3. The van der Waals surface area contributed by atoms with E-state index < -0.39 is 6.10 Å². The number of ether oxygens (including phenoxy) is 2. The summed E-state index contributed by atoms with van der Waals surface area (Å²) in [5.41, 5.74) is 1.17. The number of nitrogens with zero attached hydrogens (tertiary/aromatic N) is 2. The molecule has 7 heteroatoms. The van der Waals surface area contributed by atoms with Gasteiger partial charge in [-0.2, -0.15) is 0 Å². The van der Waals surface area contributed by atoms with E-state index in [0.29, 0.717) is 19.0 Å². The van der Waals surface area contributed by atoms with E-state index in [0.717, 1.165) is 42.3 Å². The van der Waals surface area contributed by atoms with Gasteiger partial charge in [0.05, 0.1) is 30.7 Å². The number of aryl methyl sites for hydroxylation is 3. The minimum atomic E-state index is -0.719. The molecule has 0 amide bonds. The lowest BCUT2D eigenvalue weighted by Crippen LogP contribution is -2.33. The average molecular weight is 378 g/mol. The summed E-state index contributed by atoms with van der Waals surface area (Å²) >= 11 is 1.66. The Balaban J connectivity index is 1.53. The van der Waals surface area contributed by atoms with E-state index in [1.807, 2.05) is 6.92 Å². The highest BCUT2D eigenvalue weighted by Crippen LogP contribution is 2.33. The van der Waals surface area contributed by atoms with Crippen LogP contribution in [0, 0.1) is 6.92 Å². The number of aromatic nitrogens is 2. The summed E-state index contributed by atoms with van der Waals surface area (Å²) in [4.78, 5) is 19.9. The third kappa shape index (κ3) is 3.58. The van der Waals surface area contributed by atoms with Gasteiger partial charge in [0, 0.05) is 18.1 Å². The molecular formula is C19H26N2O4S. The quantitative estimate of drug-likeness (QED) is 0.863. The van der Waals surface area contributed by atoms with Crippen molar-refractivity contribution in [3.63, 3.8) is 0 Å². The summed E-state index contributed by atoms with van der Waals surface area (Å²) in [6.07, 6.45) is 5.48. The Hall–Kier alpha value is -1.28. The molecule has 0 radical (unpaired) electrons. The molecule has 6 nitrogen and oxygen atoms in total. The molecule has 0 aromatic carbocycles. The highest BCUT2D eigenvalue weighted by atomic mass is 32.1. The van der Waals surface area contributed by atoms with Crippen molar-refractivity contribution in [1.82, 2.24) is 9.55 Å². The van der Waals surface area contributed by atoms with Crippen LogP contribution in [0.2, 0.25) is 0 Å². The maximum Gasteiger partial charge on any atom is 0.262 e. The number of aliphatic hydroxyl groups is 1. The molecule has 0 spiro atoms. The topological polar surface area (TPSA) is 73.6 Å². The van der Waals surface area contributed by atoms with Gasteiger partial charge in [0.15, 0.2) is 0 Å². The zero-order valence-corrected chi connectivity index (χ0v) is 16.0. The van der Waals surface area contributed by atoms with Gasteiger partial charge < -0.3 is 14.6 Å². The van der Waals surface area contributed by atoms with Crippen molar-refractivity contribution in [1.29, 1.82) is 0 Å². The smallest absolute Gasteiger partial charge is 0.262 e. The normalized spacial score (nSPS) is 19.6. The van der Waals surface area contributed by atoms with Crippen LogP contribution < -0.4 is 5.56 Å². The molecule has 1 aliphatic heterocycles. The summed E-state index contributed by atoms with van der Waals surface area (Å²) in [6, 6.07) is 0. The van der Waals surface area contributed by atoms with Crippen LogP contribution in [0.5, 0.6) is 0 Å². The lowest BCUT2D eigenvalue weighted by Gasteiger charge is -2.24. The maximum atomic E-state index is 13.1. The van der Waals surface area contributed by atoms with Gasteiger partial charge in [-0.05, 0) is 51.0 Å². The number of thiophene rings is 1. The molecule has 1 saturated heterocycles. The fraction of sp³-hybridized carbons (Fsp3) is 0.684. The largest absolute Gasteiger partial charge is 0.389 e. The molecule has 2 aromatic rings. The van der Waals surface area contributed by atoms with Gasteiger partial charge in [0.1, 0.15) is 10.7 Å². The first kappa shape index (κ1) is 18.1. The third-order valence-corrected chi connectivity index (χ3v) is 6.54. The van der Waals surface area contributed by atoms with Crippen LogP contribution in [0.1, 0.15) is 41.9 Å². The summed E-state index contributed by atoms with van der Waals surface area (Å²) in [7, 11) is 0. The Labute approximate surface area is 156 Å². The first-order valence-electron chi connectivity index (χ1n) is 9.52. The molecule has 2 aromatic heterocycles. The van der Waals surface area contributed by atoms with E-state index in [4.69, 9.17) is 9.47 Å². The Kier molecular flexibility index (Phi) is 5.40. The van der Waals surface area contributed by atoms with Crippen molar-refractivity contribution in [3.8, 4) is 0 Å². The van der Waals surface area contributed by atoms with E-state index in [9.17, 15) is 9.90 Å². The van der Waals surface area contributed by atoms with Gasteiger partial charge in [-0.25, -0.2) is 4.98 Å². The van der Waals surface area contributed by atoms with Crippen molar-refractivity contribution in [3.05, 3.63) is 26.6 Å². The van der Waals surface area contributed by atoms with Crippen molar-refractivity contribution in [2.45, 2.75) is 64.2 Å². The molecule has 3 heterocycles. The fourth-order valence-corrected chi connectivity index (χ4v) is 5.21. The van der Waals surface area contributed by atoms with E-state index in [1.54, 1.807) is 15.9 Å². The molecule has 1 N–H and O–H groups in total. The van der Waals surface area contributed by atoms with Crippen LogP contribution in [0.4, 0.5) is 0 Å². The number of aliphatic hydroxyl groups excluding tert-OH is 1. The second kappa shape index (κ2) is 7.76. The minimum absolute atomic E-state index is 0.0167. The molecule has 1 aliphatic carbocycles. The van der Waals surface area contributed by atoms with Crippen LogP contribution in [-0.2, 0) is 28.9 Å². The Morgan fingerprint density at radius 3 is 2.92 bits per heavy atom. The average Bonchev–Trinajstić information content (AvgIpc) is 3.02. The number of rotatable bonds is 5. The molecule has 0 saturated carbocycles. The zero-order valence-electron chi connectivity index (χ0n) is 15.2. The monoisotopic (exact) mass is 378 g/mol.